The first-order valence-corrected chi connectivity index (χ1v) is 5.48. The summed E-state index contributed by atoms with van der Waals surface area (Å²) in [7, 11) is 0. The van der Waals surface area contributed by atoms with E-state index in [1.807, 2.05) is 0 Å². The van der Waals surface area contributed by atoms with Crippen LogP contribution >= 0.6 is 0 Å². The Morgan fingerprint density at radius 3 is 2.38 bits per heavy atom. The largest absolute Gasteiger partial charge is 0.454 e. The van der Waals surface area contributed by atoms with Crippen LogP contribution in [0.4, 0.5) is 18.9 Å². The van der Waals surface area contributed by atoms with Gasteiger partial charge in [-0.1, -0.05) is 0 Å². The average molecular weight is 297 g/mol. The second kappa shape index (κ2) is 5.61. The topological polar surface area (TPSA) is 69.4 Å². The maximum Gasteiger partial charge on any atom is 0.307 e. The van der Waals surface area contributed by atoms with Gasteiger partial charge in [-0.2, -0.15) is 4.39 Å². The summed E-state index contributed by atoms with van der Waals surface area (Å²) in [6.45, 7) is 0. The molecule has 0 aliphatic rings. The van der Waals surface area contributed by atoms with Gasteiger partial charge in [-0.05, 0) is 12.1 Å². The van der Waals surface area contributed by atoms with Crippen LogP contribution in [0.1, 0.15) is 10.4 Å². The second-order valence-electron chi connectivity index (χ2n) is 3.93. The number of hydrogen-bond donors (Lipinski definition) is 0. The zero-order valence-corrected chi connectivity index (χ0v) is 10.2. The van der Waals surface area contributed by atoms with Gasteiger partial charge in [0.2, 0.25) is 5.82 Å². The van der Waals surface area contributed by atoms with E-state index in [9.17, 15) is 28.1 Å². The van der Waals surface area contributed by atoms with Crippen LogP contribution in [0.3, 0.4) is 0 Å². The molecule has 0 spiro atoms. The Labute approximate surface area is 115 Å². The van der Waals surface area contributed by atoms with E-state index >= 15 is 0 Å². The number of ether oxygens (including phenoxy) is 1. The molecule has 0 saturated carbocycles. The summed E-state index contributed by atoms with van der Waals surface area (Å²) in [6, 6.07) is 3.71. The highest BCUT2D eigenvalue weighted by molar-refractivity contribution is 5.75. The van der Waals surface area contributed by atoms with Gasteiger partial charge in [-0.15, -0.1) is 0 Å². The molecule has 108 valence electrons. The van der Waals surface area contributed by atoms with Crippen molar-refractivity contribution in [3.05, 3.63) is 63.5 Å². The molecular weight excluding hydrogens is 291 g/mol. The SMILES string of the molecule is O=Cc1cc(F)cc(Oc2cc(F)c([N+](=O)[O-])cc2F)c1. The molecule has 5 nitrogen and oxygen atoms in total. The van der Waals surface area contributed by atoms with E-state index < -0.39 is 33.8 Å². The van der Waals surface area contributed by atoms with Gasteiger partial charge in [0.25, 0.3) is 0 Å². The van der Waals surface area contributed by atoms with Crippen LogP contribution < -0.4 is 4.74 Å². The first-order chi connectivity index (χ1) is 9.90. The summed E-state index contributed by atoms with van der Waals surface area (Å²) in [4.78, 5) is 19.9. The van der Waals surface area contributed by atoms with Crippen molar-refractivity contribution in [1.82, 2.24) is 0 Å². The fourth-order valence-corrected chi connectivity index (χ4v) is 1.57. The van der Waals surface area contributed by atoms with Crippen molar-refractivity contribution >= 4 is 12.0 Å². The number of carbonyl (C=O) groups is 1. The van der Waals surface area contributed by atoms with Gasteiger partial charge in [-0.25, -0.2) is 8.78 Å². The Bertz CT molecular complexity index is 734. The molecule has 0 aromatic heterocycles. The maximum absolute atomic E-state index is 13.6. The smallest absolute Gasteiger partial charge is 0.307 e. The van der Waals surface area contributed by atoms with E-state index in [2.05, 4.69) is 0 Å². The predicted molar refractivity (Wildman–Crippen MR) is 64.9 cm³/mol. The molecule has 2 aromatic carbocycles. The van der Waals surface area contributed by atoms with Crippen LogP contribution in [-0.4, -0.2) is 11.2 Å². The average Bonchev–Trinajstić information content (AvgIpc) is 2.41. The zero-order valence-electron chi connectivity index (χ0n) is 10.2. The summed E-state index contributed by atoms with van der Waals surface area (Å²) in [5.41, 5.74) is -1.11. The van der Waals surface area contributed by atoms with Crippen LogP contribution in [0.25, 0.3) is 0 Å². The highest BCUT2D eigenvalue weighted by Gasteiger charge is 2.20. The molecule has 0 aliphatic heterocycles. The molecule has 8 heteroatoms. The molecule has 2 aromatic rings. The fourth-order valence-electron chi connectivity index (χ4n) is 1.57. The normalized spacial score (nSPS) is 10.2. The minimum absolute atomic E-state index is 0.0622. The van der Waals surface area contributed by atoms with Crippen molar-refractivity contribution in [2.24, 2.45) is 0 Å². The number of nitro groups is 1. The van der Waals surface area contributed by atoms with Crippen LogP contribution in [0.5, 0.6) is 11.5 Å². The molecule has 0 bridgehead atoms. The van der Waals surface area contributed by atoms with Crippen LogP contribution in [-0.2, 0) is 0 Å². The molecule has 0 aliphatic carbocycles. The van der Waals surface area contributed by atoms with Crippen molar-refractivity contribution in [3.63, 3.8) is 0 Å². The van der Waals surface area contributed by atoms with Gasteiger partial charge >= 0.3 is 5.69 Å². The summed E-state index contributed by atoms with van der Waals surface area (Å²) < 4.78 is 45.1. The van der Waals surface area contributed by atoms with Crippen molar-refractivity contribution in [2.75, 3.05) is 0 Å². The second-order valence-corrected chi connectivity index (χ2v) is 3.93. The van der Waals surface area contributed by atoms with Crippen molar-refractivity contribution < 1.29 is 27.6 Å². The summed E-state index contributed by atoms with van der Waals surface area (Å²) >= 11 is 0. The number of hydrogen-bond acceptors (Lipinski definition) is 4. The van der Waals surface area contributed by atoms with Gasteiger partial charge in [0.15, 0.2) is 11.6 Å². The lowest BCUT2D eigenvalue weighted by molar-refractivity contribution is -0.387. The number of aldehydes is 1. The number of benzene rings is 2. The van der Waals surface area contributed by atoms with Crippen molar-refractivity contribution in [1.29, 1.82) is 0 Å². The number of rotatable bonds is 4. The predicted octanol–water partition coefficient (Wildman–Crippen LogP) is 3.62. The molecule has 0 N–H and O–H groups in total. The van der Waals surface area contributed by atoms with Gasteiger partial charge in [0, 0.05) is 17.7 Å². The van der Waals surface area contributed by atoms with E-state index in [-0.39, 0.29) is 11.3 Å². The standard InChI is InChI=1S/C13H6F3NO4/c14-8-1-7(6-18)2-9(3-8)21-13-5-10(15)12(17(19)20)4-11(13)16/h1-6H. The minimum atomic E-state index is -1.30. The Hall–Kier alpha value is -2.90. The van der Waals surface area contributed by atoms with E-state index in [1.54, 1.807) is 0 Å². The molecule has 0 amide bonds. The molecular formula is C13H6F3NO4. The van der Waals surface area contributed by atoms with E-state index in [1.165, 1.54) is 0 Å². The minimum Gasteiger partial charge on any atom is -0.454 e. The molecule has 0 atom stereocenters. The fraction of sp³-hybridized carbons (Fsp3) is 0. The van der Waals surface area contributed by atoms with Crippen LogP contribution in [0, 0.1) is 27.6 Å². The quantitative estimate of drug-likeness (QED) is 0.491. The molecule has 0 heterocycles. The molecule has 0 radical (unpaired) electrons. The summed E-state index contributed by atoms with van der Waals surface area (Å²) in [5, 5.41) is 10.4. The van der Waals surface area contributed by atoms with Gasteiger partial charge in [0.05, 0.1) is 11.0 Å². The van der Waals surface area contributed by atoms with Crippen molar-refractivity contribution in [3.8, 4) is 11.5 Å². The van der Waals surface area contributed by atoms with Gasteiger partial charge < -0.3 is 4.74 Å². The third-order valence-corrected chi connectivity index (χ3v) is 2.46. The Kier molecular flexibility index (Phi) is 3.88. The van der Waals surface area contributed by atoms with E-state index in [4.69, 9.17) is 4.74 Å². The number of carbonyl (C=O) groups excluding carboxylic acids is 1. The van der Waals surface area contributed by atoms with Crippen LogP contribution in [0.15, 0.2) is 30.3 Å². The summed E-state index contributed by atoms with van der Waals surface area (Å²) in [6.07, 6.45) is 0.350. The van der Waals surface area contributed by atoms with Crippen molar-refractivity contribution in [2.45, 2.75) is 0 Å². The van der Waals surface area contributed by atoms with Gasteiger partial charge in [-0.3, -0.25) is 14.9 Å². The van der Waals surface area contributed by atoms with Gasteiger partial charge in [0.1, 0.15) is 17.9 Å². The van der Waals surface area contributed by atoms with E-state index in [0.717, 1.165) is 18.2 Å². The highest BCUT2D eigenvalue weighted by atomic mass is 19.1. The number of nitrogens with zero attached hydrogens (tertiary/aromatic N) is 1. The first kappa shape index (κ1) is 14.5. The molecule has 2 rings (SSSR count). The monoisotopic (exact) mass is 297 g/mol. The first-order valence-electron chi connectivity index (χ1n) is 5.48. The lowest BCUT2D eigenvalue weighted by Gasteiger charge is -2.08. The lowest BCUT2D eigenvalue weighted by atomic mass is 10.2. The number of halogens is 3. The highest BCUT2D eigenvalue weighted by Crippen LogP contribution is 2.30. The third kappa shape index (κ3) is 3.16. The lowest BCUT2D eigenvalue weighted by Crippen LogP contribution is -1.97. The van der Waals surface area contributed by atoms with Crippen LogP contribution in [0.2, 0.25) is 0 Å². The molecule has 0 saturated heterocycles. The zero-order chi connectivity index (χ0) is 15.6. The Morgan fingerprint density at radius 1 is 1.05 bits per heavy atom. The third-order valence-electron chi connectivity index (χ3n) is 2.46. The molecule has 0 fully saturated rings. The Balaban J connectivity index is 2.40. The molecule has 21 heavy (non-hydrogen) atoms. The molecule has 0 unspecified atom stereocenters. The van der Waals surface area contributed by atoms with E-state index in [0.29, 0.717) is 18.4 Å². The number of nitro benzene ring substituents is 1. The Morgan fingerprint density at radius 2 is 1.76 bits per heavy atom. The summed E-state index contributed by atoms with van der Waals surface area (Å²) in [5.74, 6) is -4.22. The maximum atomic E-state index is 13.6.